The Morgan fingerprint density at radius 2 is 0.418 bits per heavy atom. The Morgan fingerprint density at radius 3 is 0.567 bits per heavy atom. The van der Waals surface area contributed by atoms with Crippen molar-refractivity contribution in [1.29, 1.82) is 43.3 Å². The van der Waals surface area contributed by atoms with Crippen LogP contribution in [0.15, 0.2) is 267 Å². The summed E-state index contributed by atoms with van der Waals surface area (Å²) >= 11 is 0. The van der Waals surface area contributed by atoms with E-state index < -0.39 is 29.5 Å². The molecule has 0 spiro atoms. The van der Waals surface area contributed by atoms with Crippen LogP contribution in [-0.4, -0.2) is 96.0 Å². The van der Waals surface area contributed by atoms with E-state index in [2.05, 4.69) is 0 Å². The Balaban J connectivity index is 0.000000201. The van der Waals surface area contributed by atoms with Crippen LogP contribution in [0, 0.1) is 43.3 Å². The highest BCUT2D eigenvalue weighted by Crippen LogP contribution is 2.28. The molecule has 134 heavy (non-hydrogen) atoms. The van der Waals surface area contributed by atoms with Crippen molar-refractivity contribution >= 4 is 70.6 Å². The van der Waals surface area contributed by atoms with Crippen molar-refractivity contribution in [2.45, 2.75) is 106 Å². The molecule has 0 fully saturated rings. The largest absolute Gasteiger partial charge is 0.489 e. The van der Waals surface area contributed by atoms with E-state index in [0.717, 1.165) is 44.5 Å². The number of nitrogens with two attached hydrogens (primary N) is 8. The molecular formula is C102H108N16O16. The number of nitrogen functional groups attached to an aromatic ring is 8. The van der Waals surface area contributed by atoms with Crippen LogP contribution in [0.2, 0.25) is 0 Å². The predicted molar refractivity (Wildman–Crippen MR) is 513 cm³/mol. The van der Waals surface area contributed by atoms with Gasteiger partial charge >= 0.3 is 23.9 Å². The van der Waals surface area contributed by atoms with Gasteiger partial charge in [-0.15, -0.1) is 0 Å². The van der Waals surface area contributed by atoms with E-state index in [1.807, 2.05) is 45.0 Å². The quantitative estimate of drug-likeness (QED) is 0.00739. The summed E-state index contributed by atoms with van der Waals surface area (Å²) < 4.78 is 67.7. The molecule has 0 aliphatic rings. The molecular weight excluding hydrogens is 1710 g/mol. The average molecular weight is 1810 g/mol. The summed E-state index contributed by atoms with van der Waals surface area (Å²) in [6.45, 7) is 12.9. The number of nitrogens with one attached hydrogen (secondary N) is 8. The van der Waals surface area contributed by atoms with E-state index in [1.54, 1.807) is 263 Å². The third kappa shape index (κ3) is 32.8. The van der Waals surface area contributed by atoms with Gasteiger partial charge in [-0.25, -0.2) is 19.2 Å². The lowest BCUT2D eigenvalue weighted by Gasteiger charge is -2.20. The second kappa shape index (κ2) is 48.7. The minimum Gasteiger partial charge on any atom is -0.489 e. The van der Waals surface area contributed by atoms with Crippen LogP contribution < -0.4 is 83.8 Å². The normalized spacial score (nSPS) is 10.5. The first-order valence-corrected chi connectivity index (χ1v) is 41.7. The minimum atomic E-state index is -0.628. The molecule has 692 valence electrons. The summed E-state index contributed by atoms with van der Waals surface area (Å²) in [4.78, 5) is 49.7. The maximum Gasteiger partial charge on any atom is 0.338 e. The Bertz CT molecular complexity index is 5830. The fourth-order valence-electron chi connectivity index (χ4n) is 12.3. The Kier molecular flexibility index (Phi) is 36.5. The molecule has 0 atom stereocenters. The van der Waals surface area contributed by atoms with Gasteiger partial charge in [-0.2, -0.15) is 0 Å². The van der Waals surface area contributed by atoms with Gasteiger partial charge in [0, 0.05) is 44.5 Å². The molecule has 0 heterocycles. The summed E-state index contributed by atoms with van der Waals surface area (Å²) in [5, 5.41) is 59.7. The highest BCUT2D eigenvalue weighted by molar-refractivity contribution is 5.99. The highest BCUT2D eigenvalue weighted by atomic mass is 16.6. The van der Waals surface area contributed by atoms with Crippen molar-refractivity contribution in [3.63, 3.8) is 0 Å². The molecule has 12 aromatic carbocycles. The van der Waals surface area contributed by atoms with Gasteiger partial charge in [-0.1, -0.05) is 0 Å². The lowest BCUT2D eigenvalue weighted by atomic mass is 10.1. The summed E-state index contributed by atoms with van der Waals surface area (Å²) in [6, 6.07) is 76.6. The summed E-state index contributed by atoms with van der Waals surface area (Å²) in [5.74, 6) is 3.09. The topological polar surface area (TPSA) is 578 Å². The second-order valence-corrected chi connectivity index (χ2v) is 31.1. The van der Waals surface area contributed by atoms with E-state index in [1.165, 1.54) is 7.11 Å². The molecule has 0 saturated heterocycles. The first-order valence-electron chi connectivity index (χ1n) is 41.7. The number of ether oxygens (including phenoxy) is 12. The summed E-state index contributed by atoms with van der Waals surface area (Å²) in [6.07, 6.45) is -0.244. The van der Waals surface area contributed by atoms with Crippen molar-refractivity contribution in [3.05, 3.63) is 378 Å². The average Bonchev–Trinajstić information content (AvgIpc) is 0.840. The summed E-state index contributed by atoms with van der Waals surface area (Å²) in [5.41, 5.74) is 55.9. The number of benzene rings is 12. The maximum absolute atomic E-state index is 12.7. The van der Waals surface area contributed by atoms with Crippen LogP contribution in [0.1, 0.15) is 172 Å². The van der Waals surface area contributed by atoms with Crippen molar-refractivity contribution in [3.8, 4) is 46.0 Å². The lowest BCUT2D eigenvalue weighted by Crippen LogP contribution is -2.24. The van der Waals surface area contributed by atoms with Crippen molar-refractivity contribution in [1.82, 2.24) is 0 Å². The van der Waals surface area contributed by atoms with Crippen molar-refractivity contribution in [2.75, 3.05) is 13.7 Å². The number of hydrogen-bond acceptors (Lipinski definition) is 24. The highest BCUT2D eigenvalue weighted by Gasteiger charge is 2.22. The number of carbonyl (C=O) groups excluding carboxylic acids is 4. The van der Waals surface area contributed by atoms with E-state index in [-0.39, 0.29) is 112 Å². The maximum atomic E-state index is 12.7. The standard InChI is InChI=1S/C27H30N4O4.C26H28N4O4.C25H26N4O4.C24H24N4O4/c1-27(2,3)35-26(32)21-13-17(15-33-22-8-4-19(5-9-22)24(28)29)12-18(14-21)16-34-23-10-6-20(7-11-23)25(30)31;1-16(2)34-26(31)21-12-17(14-32-22-7-3-19(4-8-22)24(27)28)11-18(13-21)15-33-23-9-5-20(6-10-23)25(29)30;1-2-31-25(30)20-12-16(14-32-21-7-3-18(4-8-21)23(26)27)11-17(13-20)15-33-22-9-5-19(6-10-22)24(28)29;1-30-24(29)19-11-15(13-31-20-6-2-17(3-7-20)22(25)26)10-16(12-19)14-32-21-8-4-18(5-9-21)23(27)28/h4-14H,15-16H2,1-3H3,(H3,28,29)(H3,30,31);3-13,16H,14-15H2,1-2H3,(H3,27,28)(H3,29,30);3-13H,2,14-15H2,1H3,(H3,26,27)(H3,28,29);2-12H,13-14H2,1H3,(H3,25,26)(H3,27,28). The number of hydrogen-bond donors (Lipinski definition) is 16. The molecule has 0 radical (unpaired) electrons. The van der Waals surface area contributed by atoms with E-state index in [4.69, 9.17) is 146 Å². The van der Waals surface area contributed by atoms with Crippen LogP contribution in [0.5, 0.6) is 46.0 Å². The van der Waals surface area contributed by atoms with Gasteiger partial charge in [0.25, 0.3) is 0 Å². The molecule has 0 aromatic heterocycles. The molecule has 0 aliphatic carbocycles. The fourth-order valence-corrected chi connectivity index (χ4v) is 12.3. The zero-order valence-corrected chi connectivity index (χ0v) is 75.0. The summed E-state index contributed by atoms with van der Waals surface area (Å²) in [7, 11) is 1.33. The van der Waals surface area contributed by atoms with Crippen LogP contribution in [0.3, 0.4) is 0 Å². The SMILES string of the molecule is CC(C)(C)OC(=O)c1cc(COc2ccc(C(=N)N)cc2)cc(COc2ccc(C(=N)N)cc2)c1.CC(C)OC(=O)c1cc(COc2ccc(C(=N)N)cc2)cc(COc2ccc(C(=N)N)cc2)c1.CCOC(=O)c1cc(COc2ccc(C(=N)N)cc2)cc(COc2ccc(C(=N)N)cc2)c1.COC(=O)c1cc(COc2ccc(C(=N)N)cc2)cc(COc2ccc(C(=N)N)cc2)c1. The van der Waals surface area contributed by atoms with Crippen molar-refractivity contribution in [2.24, 2.45) is 45.9 Å². The third-order valence-electron chi connectivity index (χ3n) is 18.9. The van der Waals surface area contributed by atoms with Gasteiger partial charge in [0.2, 0.25) is 0 Å². The van der Waals surface area contributed by atoms with E-state index in [9.17, 15) is 19.2 Å². The van der Waals surface area contributed by atoms with E-state index >= 15 is 0 Å². The number of esters is 4. The van der Waals surface area contributed by atoms with Gasteiger partial charge in [0.15, 0.2) is 0 Å². The monoisotopic (exact) mass is 1810 g/mol. The third-order valence-corrected chi connectivity index (χ3v) is 18.9. The number of methoxy groups -OCH3 is 1. The fraction of sp³-hybridized carbons (Fsp3) is 0.176. The second-order valence-electron chi connectivity index (χ2n) is 31.1. The van der Waals surface area contributed by atoms with Gasteiger partial charge < -0.3 is 103 Å². The van der Waals surface area contributed by atoms with E-state index in [0.29, 0.717) is 113 Å². The first kappa shape index (κ1) is 100. The molecule has 24 N–H and O–H groups in total. The predicted octanol–water partition coefficient (Wildman–Crippen LogP) is 15.1. The Labute approximate surface area is 775 Å². The molecule has 0 unspecified atom stereocenters. The van der Waals surface area contributed by atoms with Crippen LogP contribution in [-0.2, 0) is 71.8 Å². The van der Waals surface area contributed by atoms with Crippen LogP contribution >= 0.6 is 0 Å². The smallest absolute Gasteiger partial charge is 0.338 e. The Morgan fingerprint density at radius 1 is 0.254 bits per heavy atom. The number of carbonyl (C=O) groups is 4. The molecule has 0 aliphatic heterocycles. The van der Waals surface area contributed by atoms with Gasteiger partial charge in [-0.05, 0) is 353 Å². The Hall–Kier alpha value is -17.3. The number of rotatable bonds is 38. The van der Waals surface area contributed by atoms with Crippen LogP contribution in [0.4, 0.5) is 0 Å². The first-order chi connectivity index (χ1) is 63.9. The molecule has 0 saturated carbocycles. The zero-order chi connectivity index (χ0) is 97.1. The lowest BCUT2D eigenvalue weighted by molar-refractivity contribution is 0.00680. The zero-order valence-electron chi connectivity index (χ0n) is 75.0. The molecule has 0 amide bonds. The molecule has 32 nitrogen and oxygen atoms in total. The molecule has 0 bridgehead atoms. The van der Waals surface area contributed by atoms with Crippen LogP contribution in [0.25, 0.3) is 0 Å². The molecule has 12 aromatic rings. The van der Waals surface area contributed by atoms with Crippen molar-refractivity contribution < 1.29 is 76.0 Å². The number of amidine groups is 8. The van der Waals surface area contributed by atoms with Gasteiger partial charge in [0.05, 0.1) is 42.1 Å². The minimum absolute atomic E-state index is 0.00994. The van der Waals surface area contributed by atoms with Gasteiger partial charge in [-0.3, -0.25) is 43.3 Å². The van der Waals surface area contributed by atoms with Gasteiger partial charge in [0.1, 0.15) is 151 Å². The molecule has 32 heteroatoms. The molecule has 12 rings (SSSR count).